The predicted octanol–water partition coefficient (Wildman–Crippen LogP) is 0.904. The maximum absolute atomic E-state index is 13.2. The van der Waals surface area contributed by atoms with Gasteiger partial charge in [-0.2, -0.15) is 5.10 Å². The Morgan fingerprint density at radius 1 is 1.38 bits per heavy atom. The van der Waals surface area contributed by atoms with E-state index in [2.05, 4.69) is 20.4 Å². The zero-order valence-corrected chi connectivity index (χ0v) is 15.0. The molecule has 1 amide bonds. The van der Waals surface area contributed by atoms with Crippen LogP contribution in [0.5, 0.6) is 0 Å². The second kappa shape index (κ2) is 6.41. The van der Waals surface area contributed by atoms with Gasteiger partial charge in [-0.15, -0.1) is 0 Å². The molecule has 1 aliphatic heterocycles. The molecule has 1 aliphatic rings. The standard InChI is InChI=1S/C17H21N7O2/c1-11-14(21-16(26-11)12-8-20-23(3)10-12)17(25)24-7-4-18-9-13(24)15-19-5-6-22(15)2/h5-6,8,10,13,18H,4,7,9H2,1-3H3. The smallest absolute Gasteiger partial charge is 0.276 e. The van der Waals surface area contributed by atoms with Gasteiger partial charge in [0.2, 0.25) is 5.89 Å². The summed E-state index contributed by atoms with van der Waals surface area (Å²) in [6, 6.07) is -0.144. The highest BCUT2D eigenvalue weighted by Crippen LogP contribution is 2.26. The SMILES string of the molecule is Cc1oc(-c2cnn(C)c2)nc1C(=O)N1CCNCC1c1nccn1C. The van der Waals surface area contributed by atoms with Gasteiger partial charge in [-0.3, -0.25) is 9.48 Å². The lowest BCUT2D eigenvalue weighted by Gasteiger charge is -2.35. The number of hydrogen-bond acceptors (Lipinski definition) is 6. The molecule has 1 saturated heterocycles. The van der Waals surface area contributed by atoms with Crippen molar-refractivity contribution in [3.63, 3.8) is 0 Å². The first kappa shape index (κ1) is 16.5. The molecule has 4 heterocycles. The zero-order valence-electron chi connectivity index (χ0n) is 15.0. The molecular formula is C17H21N7O2. The lowest BCUT2D eigenvalue weighted by atomic mass is 10.1. The minimum absolute atomic E-state index is 0.143. The molecule has 0 aromatic carbocycles. The summed E-state index contributed by atoms with van der Waals surface area (Å²) >= 11 is 0. The molecule has 1 fully saturated rings. The van der Waals surface area contributed by atoms with Crippen LogP contribution in [-0.4, -0.2) is 54.8 Å². The summed E-state index contributed by atoms with van der Waals surface area (Å²) in [5.41, 5.74) is 1.08. The van der Waals surface area contributed by atoms with Crippen molar-refractivity contribution in [2.24, 2.45) is 14.1 Å². The molecule has 0 spiro atoms. The van der Waals surface area contributed by atoms with Gasteiger partial charge in [0.05, 0.1) is 11.8 Å². The Morgan fingerprint density at radius 2 is 2.23 bits per heavy atom. The Morgan fingerprint density at radius 3 is 2.92 bits per heavy atom. The van der Waals surface area contributed by atoms with Gasteiger partial charge >= 0.3 is 0 Å². The number of nitrogens with one attached hydrogen (secondary N) is 1. The molecule has 0 bridgehead atoms. The fourth-order valence-electron chi connectivity index (χ4n) is 3.26. The van der Waals surface area contributed by atoms with Crippen molar-refractivity contribution in [2.75, 3.05) is 19.6 Å². The van der Waals surface area contributed by atoms with Crippen molar-refractivity contribution < 1.29 is 9.21 Å². The maximum atomic E-state index is 13.2. The Kier molecular flexibility index (Phi) is 4.08. The van der Waals surface area contributed by atoms with Crippen molar-refractivity contribution in [1.29, 1.82) is 0 Å². The lowest BCUT2D eigenvalue weighted by Crippen LogP contribution is -2.49. The Hall–Kier alpha value is -2.94. The van der Waals surface area contributed by atoms with Crippen LogP contribution >= 0.6 is 0 Å². The molecule has 0 radical (unpaired) electrons. The first-order chi connectivity index (χ1) is 12.5. The van der Waals surface area contributed by atoms with Crippen molar-refractivity contribution in [2.45, 2.75) is 13.0 Å². The molecule has 3 aromatic rings. The molecule has 0 saturated carbocycles. The molecule has 0 aliphatic carbocycles. The van der Waals surface area contributed by atoms with E-state index in [1.54, 1.807) is 30.2 Å². The first-order valence-corrected chi connectivity index (χ1v) is 8.50. The van der Waals surface area contributed by atoms with E-state index in [1.807, 2.05) is 29.8 Å². The molecule has 1 unspecified atom stereocenters. The molecule has 1 N–H and O–H groups in total. The third-order valence-corrected chi connectivity index (χ3v) is 4.61. The van der Waals surface area contributed by atoms with Crippen molar-refractivity contribution in [3.05, 3.63) is 42.1 Å². The van der Waals surface area contributed by atoms with E-state index >= 15 is 0 Å². The fourth-order valence-corrected chi connectivity index (χ4v) is 3.26. The quantitative estimate of drug-likeness (QED) is 0.750. The molecule has 26 heavy (non-hydrogen) atoms. The summed E-state index contributed by atoms with van der Waals surface area (Å²) in [5, 5.41) is 7.46. The van der Waals surface area contributed by atoms with Crippen LogP contribution in [-0.2, 0) is 14.1 Å². The number of piperazine rings is 1. The molecule has 4 rings (SSSR count). The number of aromatic nitrogens is 5. The molecule has 3 aromatic heterocycles. The Balaban J connectivity index is 1.66. The third-order valence-electron chi connectivity index (χ3n) is 4.61. The van der Waals surface area contributed by atoms with E-state index in [1.165, 1.54) is 0 Å². The maximum Gasteiger partial charge on any atom is 0.276 e. The highest BCUT2D eigenvalue weighted by Gasteiger charge is 2.33. The summed E-state index contributed by atoms with van der Waals surface area (Å²) in [5.74, 6) is 1.61. The van der Waals surface area contributed by atoms with Crippen LogP contribution in [0.25, 0.3) is 11.5 Å². The van der Waals surface area contributed by atoms with E-state index < -0.39 is 0 Å². The molecule has 1 atom stereocenters. The average molecular weight is 355 g/mol. The van der Waals surface area contributed by atoms with Gasteiger partial charge in [-0.1, -0.05) is 0 Å². The van der Waals surface area contributed by atoms with Gasteiger partial charge in [-0.05, 0) is 6.92 Å². The van der Waals surface area contributed by atoms with Gasteiger partial charge in [0.25, 0.3) is 5.91 Å². The number of oxazole rings is 1. The number of rotatable bonds is 3. The molecule has 9 heteroatoms. The van der Waals surface area contributed by atoms with Crippen LogP contribution < -0.4 is 5.32 Å². The first-order valence-electron chi connectivity index (χ1n) is 8.50. The van der Waals surface area contributed by atoms with Gasteiger partial charge in [0, 0.05) is 52.3 Å². The van der Waals surface area contributed by atoms with Crippen LogP contribution in [0.4, 0.5) is 0 Å². The minimum Gasteiger partial charge on any atom is -0.440 e. The summed E-state index contributed by atoms with van der Waals surface area (Å²) in [6.07, 6.45) is 7.10. The third kappa shape index (κ3) is 2.80. The highest BCUT2D eigenvalue weighted by atomic mass is 16.4. The van der Waals surface area contributed by atoms with E-state index in [0.717, 1.165) is 17.9 Å². The average Bonchev–Trinajstić information content (AvgIpc) is 3.34. The molecule has 9 nitrogen and oxygen atoms in total. The number of imidazole rings is 1. The second-order valence-electron chi connectivity index (χ2n) is 6.44. The van der Waals surface area contributed by atoms with Gasteiger partial charge in [-0.25, -0.2) is 9.97 Å². The van der Waals surface area contributed by atoms with Gasteiger partial charge in [0.1, 0.15) is 17.6 Å². The number of aryl methyl sites for hydroxylation is 3. The van der Waals surface area contributed by atoms with E-state index in [9.17, 15) is 4.79 Å². The minimum atomic E-state index is -0.144. The second-order valence-corrected chi connectivity index (χ2v) is 6.44. The fraction of sp³-hybridized carbons (Fsp3) is 0.412. The number of carbonyl (C=O) groups is 1. The predicted molar refractivity (Wildman–Crippen MR) is 93.3 cm³/mol. The number of amides is 1. The molecular weight excluding hydrogens is 334 g/mol. The number of carbonyl (C=O) groups excluding carboxylic acids is 1. The highest BCUT2D eigenvalue weighted by molar-refractivity contribution is 5.94. The van der Waals surface area contributed by atoms with Crippen LogP contribution in [0.1, 0.15) is 28.1 Å². The number of nitrogens with zero attached hydrogens (tertiary/aromatic N) is 6. The monoisotopic (exact) mass is 355 g/mol. The van der Waals surface area contributed by atoms with Crippen LogP contribution in [0.3, 0.4) is 0 Å². The van der Waals surface area contributed by atoms with Crippen molar-refractivity contribution in [3.8, 4) is 11.5 Å². The summed E-state index contributed by atoms with van der Waals surface area (Å²) in [7, 11) is 3.75. The van der Waals surface area contributed by atoms with Gasteiger partial charge in [0.15, 0.2) is 5.69 Å². The van der Waals surface area contributed by atoms with Crippen LogP contribution in [0.2, 0.25) is 0 Å². The zero-order chi connectivity index (χ0) is 18.3. The Bertz CT molecular complexity index is 939. The van der Waals surface area contributed by atoms with Crippen molar-refractivity contribution in [1.82, 2.24) is 34.5 Å². The summed E-state index contributed by atoms with van der Waals surface area (Å²) in [6.45, 7) is 3.74. The summed E-state index contributed by atoms with van der Waals surface area (Å²) in [4.78, 5) is 23.9. The van der Waals surface area contributed by atoms with Crippen molar-refractivity contribution >= 4 is 5.91 Å². The van der Waals surface area contributed by atoms with Gasteiger partial charge < -0.3 is 19.2 Å². The van der Waals surface area contributed by atoms with E-state index in [4.69, 9.17) is 4.42 Å². The summed E-state index contributed by atoms with van der Waals surface area (Å²) < 4.78 is 9.34. The van der Waals surface area contributed by atoms with E-state index in [0.29, 0.717) is 30.4 Å². The largest absolute Gasteiger partial charge is 0.440 e. The lowest BCUT2D eigenvalue weighted by molar-refractivity contribution is 0.0613. The normalized spacial score (nSPS) is 17.7. The van der Waals surface area contributed by atoms with Crippen LogP contribution in [0.15, 0.2) is 29.2 Å². The van der Waals surface area contributed by atoms with Crippen LogP contribution in [0, 0.1) is 6.92 Å². The Labute approximate surface area is 150 Å². The topological polar surface area (TPSA) is 94.0 Å². The number of hydrogen-bond donors (Lipinski definition) is 1. The van der Waals surface area contributed by atoms with E-state index in [-0.39, 0.29) is 11.9 Å². The molecule has 136 valence electrons.